The Labute approximate surface area is 92.3 Å². The van der Waals surface area contributed by atoms with Crippen LogP contribution in [0.15, 0.2) is 0 Å². The number of methoxy groups -OCH3 is 1. The highest BCUT2D eigenvalue weighted by atomic mass is 16.5. The second-order valence-electron chi connectivity index (χ2n) is 3.06. The third kappa shape index (κ3) is 11.3. The Hall–Kier alpha value is -0.600. The zero-order chi connectivity index (χ0) is 11.4. The first-order chi connectivity index (χ1) is 7.31. The van der Waals surface area contributed by atoms with Crippen LogP contribution in [0.2, 0.25) is 0 Å². The highest BCUT2D eigenvalue weighted by Gasteiger charge is 1.94. The first-order valence-electron chi connectivity index (χ1n) is 5.15. The van der Waals surface area contributed by atoms with Gasteiger partial charge in [0.25, 0.3) is 0 Å². The molecule has 15 heavy (non-hydrogen) atoms. The monoisotopic (exact) mass is 215 g/mol. The van der Waals surface area contributed by atoms with Gasteiger partial charge in [-0.15, -0.1) is 6.42 Å². The standard InChI is InChI=1S/C11H21NO3/c1-4-11(2)12-5-6-14-9-10-15-8-7-13-3/h1,11-12H,5-10H2,2-3H3. The summed E-state index contributed by atoms with van der Waals surface area (Å²) in [5.74, 6) is 2.58. The molecule has 0 aromatic heterocycles. The second-order valence-corrected chi connectivity index (χ2v) is 3.06. The average Bonchev–Trinajstić information content (AvgIpc) is 2.26. The number of ether oxygens (including phenoxy) is 3. The van der Waals surface area contributed by atoms with Gasteiger partial charge in [0, 0.05) is 13.7 Å². The molecule has 88 valence electrons. The summed E-state index contributed by atoms with van der Waals surface area (Å²) in [4.78, 5) is 0. The van der Waals surface area contributed by atoms with Crippen LogP contribution in [-0.2, 0) is 14.2 Å². The second kappa shape index (κ2) is 11.5. The number of hydrogen-bond acceptors (Lipinski definition) is 4. The van der Waals surface area contributed by atoms with Gasteiger partial charge in [-0.25, -0.2) is 0 Å². The molecule has 0 aromatic rings. The minimum absolute atomic E-state index is 0.103. The van der Waals surface area contributed by atoms with Crippen LogP contribution in [0, 0.1) is 12.3 Å². The first-order valence-corrected chi connectivity index (χ1v) is 5.15. The van der Waals surface area contributed by atoms with Gasteiger partial charge in [-0.1, -0.05) is 5.92 Å². The van der Waals surface area contributed by atoms with Gasteiger partial charge in [-0.05, 0) is 6.92 Å². The van der Waals surface area contributed by atoms with E-state index in [-0.39, 0.29) is 6.04 Å². The van der Waals surface area contributed by atoms with Gasteiger partial charge < -0.3 is 19.5 Å². The summed E-state index contributed by atoms with van der Waals surface area (Å²) in [6.07, 6.45) is 5.20. The van der Waals surface area contributed by atoms with Crippen molar-refractivity contribution in [2.45, 2.75) is 13.0 Å². The fourth-order valence-corrected chi connectivity index (χ4v) is 0.871. The molecule has 0 aliphatic carbocycles. The van der Waals surface area contributed by atoms with E-state index in [9.17, 15) is 0 Å². The Morgan fingerprint density at radius 1 is 1.13 bits per heavy atom. The molecule has 0 heterocycles. The van der Waals surface area contributed by atoms with E-state index in [0.717, 1.165) is 6.54 Å². The topological polar surface area (TPSA) is 39.7 Å². The van der Waals surface area contributed by atoms with Crippen molar-refractivity contribution in [2.75, 3.05) is 46.7 Å². The summed E-state index contributed by atoms with van der Waals surface area (Å²) < 4.78 is 15.4. The molecule has 1 unspecified atom stereocenters. The minimum atomic E-state index is 0.103. The molecule has 0 amide bonds. The van der Waals surface area contributed by atoms with E-state index in [1.165, 1.54) is 0 Å². The van der Waals surface area contributed by atoms with Crippen molar-refractivity contribution < 1.29 is 14.2 Å². The number of hydrogen-bond donors (Lipinski definition) is 1. The smallest absolute Gasteiger partial charge is 0.0701 e. The predicted octanol–water partition coefficient (Wildman–Crippen LogP) is 0.277. The van der Waals surface area contributed by atoms with Crippen LogP contribution in [0.1, 0.15) is 6.92 Å². The van der Waals surface area contributed by atoms with E-state index in [1.54, 1.807) is 7.11 Å². The van der Waals surface area contributed by atoms with Crippen LogP contribution in [0.3, 0.4) is 0 Å². The number of terminal acetylenes is 1. The highest BCUT2D eigenvalue weighted by molar-refractivity contribution is 4.95. The Balaban J connectivity index is 2.96. The quantitative estimate of drug-likeness (QED) is 0.420. The third-order valence-electron chi connectivity index (χ3n) is 1.75. The van der Waals surface area contributed by atoms with Crippen molar-refractivity contribution in [3.63, 3.8) is 0 Å². The fraction of sp³-hybridized carbons (Fsp3) is 0.818. The molecular formula is C11H21NO3. The lowest BCUT2D eigenvalue weighted by Gasteiger charge is -2.08. The molecular weight excluding hydrogens is 194 g/mol. The van der Waals surface area contributed by atoms with E-state index in [0.29, 0.717) is 33.0 Å². The summed E-state index contributed by atoms with van der Waals surface area (Å²) in [7, 11) is 1.65. The van der Waals surface area contributed by atoms with Crippen molar-refractivity contribution in [2.24, 2.45) is 0 Å². The van der Waals surface area contributed by atoms with Gasteiger partial charge in [0.1, 0.15) is 0 Å². The molecule has 0 aliphatic heterocycles. The summed E-state index contributed by atoms with van der Waals surface area (Å²) in [5, 5.41) is 3.12. The molecule has 0 aliphatic rings. The van der Waals surface area contributed by atoms with Crippen LogP contribution >= 0.6 is 0 Å². The maximum Gasteiger partial charge on any atom is 0.0701 e. The molecule has 0 fully saturated rings. The van der Waals surface area contributed by atoms with Crippen LogP contribution in [0.25, 0.3) is 0 Å². The Bertz CT molecular complexity index is 168. The van der Waals surface area contributed by atoms with E-state index in [4.69, 9.17) is 20.6 Å². The van der Waals surface area contributed by atoms with Crippen molar-refractivity contribution >= 4 is 0 Å². The van der Waals surface area contributed by atoms with E-state index >= 15 is 0 Å². The maximum absolute atomic E-state index is 5.31. The zero-order valence-electron chi connectivity index (χ0n) is 9.62. The number of nitrogens with one attached hydrogen (secondary N) is 1. The molecule has 0 aromatic carbocycles. The number of rotatable bonds is 10. The third-order valence-corrected chi connectivity index (χ3v) is 1.75. The molecule has 0 saturated heterocycles. The van der Waals surface area contributed by atoms with Crippen molar-refractivity contribution in [3.8, 4) is 12.3 Å². The molecule has 0 spiro atoms. The van der Waals surface area contributed by atoms with Crippen molar-refractivity contribution in [1.29, 1.82) is 0 Å². The zero-order valence-corrected chi connectivity index (χ0v) is 9.62. The molecule has 0 bridgehead atoms. The normalized spacial score (nSPS) is 12.3. The van der Waals surface area contributed by atoms with Crippen LogP contribution in [0.4, 0.5) is 0 Å². The molecule has 0 radical (unpaired) electrons. The Morgan fingerprint density at radius 3 is 2.33 bits per heavy atom. The van der Waals surface area contributed by atoms with Gasteiger partial charge >= 0.3 is 0 Å². The van der Waals surface area contributed by atoms with E-state index in [1.807, 2.05) is 6.92 Å². The molecule has 4 nitrogen and oxygen atoms in total. The van der Waals surface area contributed by atoms with Gasteiger partial charge in [-0.3, -0.25) is 0 Å². The Morgan fingerprint density at radius 2 is 1.73 bits per heavy atom. The van der Waals surface area contributed by atoms with Gasteiger partial charge in [0.15, 0.2) is 0 Å². The van der Waals surface area contributed by atoms with Crippen LogP contribution < -0.4 is 5.32 Å². The van der Waals surface area contributed by atoms with Crippen LogP contribution in [0.5, 0.6) is 0 Å². The largest absolute Gasteiger partial charge is 0.382 e. The molecule has 4 heteroatoms. The average molecular weight is 215 g/mol. The lowest BCUT2D eigenvalue weighted by molar-refractivity contribution is 0.0255. The predicted molar refractivity (Wildman–Crippen MR) is 59.8 cm³/mol. The van der Waals surface area contributed by atoms with Crippen LogP contribution in [-0.4, -0.2) is 52.7 Å². The lowest BCUT2D eigenvalue weighted by Crippen LogP contribution is -2.28. The summed E-state index contributed by atoms with van der Waals surface area (Å²) >= 11 is 0. The Kier molecular flexibility index (Phi) is 11.0. The fourth-order valence-electron chi connectivity index (χ4n) is 0.871. The van der Waals surface area contributed by atoms with Gasteiger partial charge in [0.05, 0.1) is 39.1 Å². The summed E-state index contributed by atoms with van der Waals surface area (Å²) in [6, 6.07) is 0.103. The van der Waals surface area contributed by atoms with Gasteiger partial charge in [-0.2, -0.15) is 0 Å². The highest BCUT2D eigenvalue weighted by Crippen LogP contribution is 1.80. The lowest BCUT2D eigenvalue weighted by atomic mass is 10.3. The minimum Gasteiger partial charge on any atom is -0.382 e. The van der Waals surface area contributed by atoms with Gasteiger partial charge in [0.2, 0.25) is 0 Å². The molecule has 0 saturated carbocycles. The van der Waals surface area contributed by atoms with E-state index < -0.39 is 0 Å². The maximum atomic E-state index is 5.31. The summed E-state index contributed by atoms with van der Waals surface area (Å²) in [5.41, 5.74) is 0. The van der Waals surface area contributed by atoms with Crippen molar-refractivity contribution in [1.82, 2.24) is 5.32 Å². The molecule has 0 rings (SSSR count). The SMILES string of the molecule is C#CC(C)NCCOCCOCCOC. The molecule has 1 atom stereocenters. The van der Waals surface area contributed by atoms with Crippen molar-refractivity contribution in [3.05, 3.63) is 0 Å². The van der Waals surface area contributed by atoms with E-state index in [2.05, 4.69) is 11.2 Å². The first kappa shape index (κ1) is 14.4. The molecule has 1 N–H and O–H groups in total. The summed E-state index contributed by atoms with van der Waals surface area (Å²) in [6.45, 7) is 5.81.